The van der Waals surface area contributed by atoms with Gasteiger partial charge in [-0.3, -0.25) is 0 Å². The molecule has 0 aliphatic carbocycles. The van der Waals surface area contributed by atoms with Crippen LogP contribution in [0.1, 0.15) is 13.3 Å². The van der Waals surface area contributed by atoms with E-state index in [0.717, 1.165) is 0 Å². The summed E-state index contributed by atoms with van der Waals surface area (Å²) >= 11 is 11.7. The van der Waals surface area contributed by atoms with Crippen molar-refractivity contribution in [2.45, 2.75) is 24.3 Å². The smallest absolute Gasteiger partial charge is 0.243 e. The van der Waals surface area contributed by atoms with E-state index in [4.69, 9.17) is 28.9 Å². The van der Waals surface area contributed by atoms with Gasteiger partial charge in [0.1, 0.15) is 0 Å². The number of nitrogens with zero attached hydrogens (tertiary/aromatic N) is 1. The number of hydrogen-bond donors (Lipinski definition) is 2. The predicted octanol–water partition coefficient (Wildman–Crippen LogP) is 1.97. The lowest BCUT2D eigenvalue weighted by Gasteiger charge is -2.33. The molecule has 1 aliphatic rings. The maximum atomic E-state index is 12.5. The second-order valence-electron chi connectivity index (χ2n) is 5.00. The maximum absolute atomic E-state index is 12.5. The van der Waals surface area contributed by atoms with Gasteiger partial charge in [0.2, 0.25) is 10.0 Å². The number of anilines is 1. The summed E-state index contributed by atoms with van der Waals surface area (Å²) in [6.07, 6.45) is -0.0603. The van der Waals surface area contributed by atoms with E-state index < -0.39 is 16.1 Å². The second kappa shape index (κ2) is 5.69. The Morgan fingerprint density at radius 3 is 2.40 bits per heavy atom. The molecule has 5 nitrogen and oxygen atoms in total. The van der Waals surface area contributed by atoms with Crippen molar-refractivity contribution in [3.8, 4) is 0 Å². The molecular weight excluding hydrogens is 323 g/mol. The van der Waals surface area contributed by atoms with Crippen molar-refractivity contribution in [2.75, 3.05) is 18.8 Å². The van der Waals surface area contributed by atoms with E-state index in [9.17, 15) is 13.5 Å². The fraction of sp³-hybridized carbons (Fsp3) is 0.500. The van der Waals surface area contributed by atoms with E-state index in [1.807, 2.05) is 6.92 Å². The van der Waals surface area contributed by atoms with Crippen LogP contribution < -0.4 is 5.73 Å². The minimum absolute atomic E-state index is 0.0107. The van der Waals surface area contributed by atoms with Crippen LogP contribution in [0.3, 0.4) is 0 Å². The molecule has 0 aromatic heterocycles. The number of rotatable bonds is 2. The lowest BCUT2D eigenvalue weighted by molar-refractivity contribution is 0.0605. The zero-order valence-corrected chi connectivity index (χ0v) is 13.2. The highest BCUT2D eigenvalue weighted by atomic mass is 35.5. The molecule has 0 amide bonds. The van der Waals surface area contributed by atoms with Crippen LogP contribution in [-0.4, -0.2) is 37.0 Å². The molecule has 1 heterocycles. The Labute approximate surface area is 128 Å². The van der Waals surface area contributed by atoms with Crippen molar-refractivity contribution >= 4 is 38.9 Å². The van der Waals surface area contributed by atoms with E-state index in [1.165, 1.54) is 16.4 Å². The number of piperidine rings is 1. The fourth-order valence-corrected chi connectivity index (χ4v) is 4.24. The molecule has 1 aromatic carbocycles. The average molecular weight is 339 g/mol. The summed E-state index contributed by atoms with van der Waals surface area (Å²) in [4.78, 5) is -0.0107. The first-order valence-corrected chi connectivity index (χ1v) is 8.36. The van der Waals surface area contributed by atoms with Crippen LogP contribution in [0.15, 0.2) is 17.0 Å². The summed E-state index contributed by atoms with van der Waals surface area (Å²) in [5.41, 5.74) is 5.75. The molecule has 0 radical (unpaired) electrons. The minimum Gasteiger partial charge on any atom is -0.396 e. The van der Waals surface area contributed by atoms with Gasteiger partial charge in [0, 0.05) is 13.1 Å². The van der Waals surface area contributed by atoms with Gasteiger partial charge in [-0.1, -0.05) is 30.1 Å². The van der Waals surface area contributed by atoms with E-state index in [1.54, 1.807) is 0 Å². The minimum atomic E-state index is -3.73. The fourth-order valence-electron chi connectivity index (χ4n) is 2.10. The van der Waals surface area contributed by atoms with Gasteiger partial charge in [-0.05, 0) is 24.5 Å². The molecule has 0 bridgehead atoms. The molecule has 1 aliphatic heterocycles. The second-order valence-corrected chi connectivity index (χ2v) is 7.75. The molecule has 2 atom stereocenters. The van der Waals surface area contributed by atoms with Crippen molar-refractivity contribution in [3.05, 3.63) is 22.2 Å². The molecule has 0 saturated carbocycles. The van der Waals surface area contributed by atoms with Gasteiger partial charge in [0.05, 0.1) is 26.7 Å². The Morgan fingerprint density at radius 1 is 1.35 bits per heavy atom. The highest BCUT2D eigenvalue weighted by molar-refractivity contribution is 7.89. The zero-order chi connectivity index (χ0) is 15.1. The standard InChI is InChI=1S/C12H16Cl2N2O3S/c1-7-2-3-16(6-11(7)17)20(18,19)8-4-9(13)12(15)10(14)5-8/h4-5,7,11,17H,2-3,6,15H2,1H3. The van der Waals surface area contributed by atoms with Crippen molar-refractivity contribution in [1.82, 2.24) is 4.31 Å². The third-order valence-corrected chi connectivity index (χ3v) is 6.04. The molecule has 2 rings (SSSR count). The van der Waals surface area contributed by atoms with Crippen molar-refractivity contribution in [3.63, 3.8) is 0 Å². The SMILES string of the molecule is CC1CCN(S(=O)(=O)c2cc(Cl)c(N)c(Cl)c2)CC1O. The number of aliphatic hydroxyl groups excluding tert-OH is 1. The summed E-state index contributed by atoms with van der Waals surface area (Å²) in [6, 6.07) is 2.56. The van der Waals surface area contributed by atoms with Crippen LogP contribution in [0.4, 0.5) is 5.69 Å². The Bertz CT molecular complexity index is 598. The van der Waals surface area contributed by atoms with Gasteiger partial charge in [-0.15, -0.1) is 0 Å². The number of nitrogens with two attached hydrogens (primary N) is 1. The van der Waals surface area contributed by atoms with Gasteiger partial charge < -0.3 is 10.8 Å². The summed E-state index contributed by atoms with van der Waals surface area (Å²) < 4.78 is 26.3. The number of halogens is 2. The molecule has 3 N–H and O–H groups in total. The Balaban J connectivity index is 2.36. The molecule has 8 heteroatoms. The quantitative estimate of drug-likeness (QED) is 0.807. The number of nitrogen functional groups attached to an aromatic ring is 1. The van der Waals surface area contributed by atoms with Crippen molar-refractivity contribution < 1.29 is 13.5 Å². The molecule has 20 heavy (non-hydrogen) atoms. The van der Waals surface area contributed by atoms with Gasteiger partial charge in [-0.25, -0.2) is 8.42 Å². The van der Waals surface area contributed by atoms with Gasteiger partial charge in [-0.2, -0.15) is 4.31 Å². The van der Waals surface area contributed by atoms with Crippen LogP contribution in [0.25, 0.3) is 0 Å². The summed E-state index contributed by atoms with van der Waals surface area (Å²) in [5, 5.41) is 10.0. The monoisotopic (exact) mass is 338 g/mol. The Morgan fingerprint density at radius 2 is 1.90 bits per heavy atom. The lowest BCUT2D eigenvalue weighted by atomic mass is 9.98. The van der Waals surface area contributed by atoms with Crippen LogP contribution >= 0.6 is 23.2 Å². The number of hydrogen-bond acceptors (Lipinski definition) is 4. The van der Waals surface area contributed by atoms with Crippen LogP contribution in [0, 0.1) is 5.92 Å². The first kappa shape index (κ1) is 15.9. The highest BCUT2D eigenvalue weighted by Gasteiger charge is 2.33. The summed E-state index contributed by atoms with van der Waals surface area (Å²) in [5.74, 6) is 0.0834. The summed E-state index contributed by atoms with van der Waals surface area (Å²) in [7, 11) is -3.73. The number of aliphatic hydroxyl groups is 1. The largest absolute Gasteiger partial charge is 0.396 e. The van der Waals surface area contributed by atoms with Crippen LogP contribution in [-0.2, 0) is 10.0 Å². The molecule has 2 unspecified atom stereocenters. The van der Waals surface area contributed by atoms with Gasteiger partial charge >= 0.3 is 0 Å². The normalized spacial score (nSPS) is 24.8. The molecular formula is C12H16Cl2N2O3S. The Hall–Kier alpha value is -0.530. The Kier molecular flexibility index (Phi) is 4.51. The van der Waals surface area contributed by atoms with E-state index in [0.29, 0.717) is 13.0 Å². The average Bonchev–Trinajstić information content (AvgIpc) is 2.38. The van der Waals surface area contributed by atoms with E-state index in [-0.39, 0.29) is 33.1 Å². The molecule has 112 valence electrons. The molecule has 1 aromatic rings. The maximum Gasteiger partial charge on any atom is 0.243 e. The predicted molar refractivity (Wildman–Crippen MR) is 79.4 cm³/mol. The molecule has 1 fully saturated rings. The summed E-state index contributed by atoms with van der Waals surface area (Å²) in [6.45, 7) is 2.33. The number of β-amino-alcohol motifs (C(OH)–C–C–N with tert-alkyl or cyclic N) is 1. The van der Waals surface area contributed by atoms with Crippen molar-refractivity contribution in [2.24, 2.45) is 5.92 Å². The zero-order valence-electron chi connectivity index (χ0n) is 10.9. The lowest BCUT2D eigenvalue weighted by Crippen LogP contribution is -2.45. The topological polar surface area (TPSA) is 83.6 Å². The van der Waals surface area contributed by atoms with Gasteiger partial charge in [0.25, 0.3) is 0 Å². The third-order valence-electron chi connectivity index (χ3n) is 3.57. The molecule has 1 saturated heterocycles. The van der Waals surface area contributed by atoms with E-state index in [2.05, 4.69) is 0 Å². The van der Waals surface area contributed by atoms with E-state index >= 15 is 0 Å². The third kappa shape index (κ3) is 2.89. The highest BCUT2D eigenvalue weighted by Crippen LogP contribution is 2.33. The van der Waals surface area contributed by atoms with Crippen molar-refractivity contribution in [1.29, 1.82) is 0 Å². The number of sulfonamides is 1. The first-order chi connectivity index (χ1) is 9.23. The van der Waals surface area contributed by atoms with Crippen LogP contribution in [0.5, 0.6) is 0 Å². The number of benzene rings is 1. The van der Waals surface area contributed by atoms with Crippen LogP contribution in [0.2, 0.25) is 10.0 Å². The molecule has 0 spiro atoms. The first-order valence-electron chi connectivity index (χ1n) is 6.16. The van der Waals surface area contributed by atoms with Gasteiger partial charge in [0.15, 0.2) is 0 Å².